The molecule has 170 valence electrons. The van der Waals surface area contributed by atoms with Crippen molar-refractivity contribution in [2.45, 2.75) is 4.90 Å². The van der Waals surface area contributed by atoms with Gasteiger partial charge >= 0.3 is 0 Å². The Labute approximate surface area is 205 Å². The van der Waals surface area contributed by atoms with Crippen molar-refractivity contribution in [3.63, 3.8) is 0 Å². The number of rotatable bonds is 7. The summed E-state index contributed by atoms with van der Waals surface area (Å²) < 4.78 is 39.7. The first-order valence-corrected chi connectivity index (χ1v) is 12.5. The van der Waals surface area contributed by atoms with Crippen molar-refractivity contribution in [3.8, 4) is 11.5 Å². The molecule has 1 aliphatic rings. The smallest absolute Gasteiger partial charge is 0.264 e. The lowest BCUT2D eigenvalue weighted by Crippen LogP contribution is -2.39. The molecule has 0 fully saturated rings. The van der Waals surface area contributed by atoms with Crippen LogP contribution in [0.3, 0.4) is 0 Å². The Kier molecular flexibility index (Phi) is 7.14. The van der Waals surface area contributed by atoms with Crippen LogP contribution in [0.1, 0.15) is 5.56 Å². The molecule has 0 aliphatic carbocycles. The number of ether oxygens (including phenoxy) is 2. The minimum atomic E-state index is -3.97. The standard InChI is InChI=1S/C23H20IN3O5S/c24-18-9-11-19(12-10-18)27(33(29,30)20-6-2-1-3-7-20)16-22(28)26-25-15-17-5-4-8-21-23(17)32-14-13-31-21/h1-12,15H,13-14,16H2,(H,26,28)/b25-15-. The number of nitrogens with zero attached hydrogens (tertiary/aromatic N) is 2. The van der Waals surface area contributed by atoms with Crippen LogP contribution in [0.25, 0.3) is 0 Å². The topological polar surface area (TPSA) is 97.3 Å². The van der Waals surface area contributed by atoms with Crippen molar-refractivity contribution in [2.24, 2.45) is 5.10 Å². The Hall–Kier alpha value is -3.12. The maximum absolute atomic E-state index is 13.3. The first-order chi connectivity index (χ1) is 15.9. The average molecular weight is 577 g/mol. The quantitative estimate of drug-likeness (QED) is 0.264. The number of para-hydroxylation sites is 1. The second kappa shape index (κ2) is 10.2. The zero-order valence-corrected chi connectivity index (χ0v) is 20.3. The lowest BCUT2D eigenvalue weighted by molar-refractivity contribution is -0.119. The number of carbonyl (C=O) groups is 1. The maximum atomic E-state index is 13.3. The van der Waals surface area contributed by atoms with Gasteiger partial charge in [-0.15, -0.1) is 0 Å². The van der Waals surface area contributed by atoms with Crippen molar-refractivity contribution < 1.29 is 22.7 Å². The lowest BCUT2D eigenvalue weighted by atomic mass is 10.2. The fourth-order valence-corrected chi connectivity index (χ4v) is 4.98. The number of benzene rings is 3. The Morgan fingerprint density at radius 3 is 2.48 bits per heavy atom. The molecular formula is C23H20IN3O5S. The lowest BCUT2D eigenvalue weighted by Gasteiger charge is -2.23. The Balaban J connectivity index is 1.54. The molecule has 8 nitrogen and oxygen atoms in total. The summed E-state index contributed by atoms with van der Waals surface area (Å²) in [5.74, 6) is 0.565. The SMILES string of the molecule is O=C(CN(c1ccc(I)cc1)S(=O)(=O)c1ccccc1)N/N=C\c1cccc2c1OCCO2. The van der Waals surface area contributed by atoms with Gasteiger partial charge in [0.2, 0.25) is 0 Å². The summed E-state index contributed by atoms with van der Waals surface area (Å²) >= 11 is 2.13. The van der Waals surface area contributed by atoms with Crippen LogP contribution < -0.4 is 19.2 Å². The van der Waals surface area contributed by atoms with Crippen LogP contribution in [0.4, 0.5) is 5.69 Å². The molecule has 0 atom stereocenters. The van der Waals surface area contributed by atoms with Crippen LogP contribution in [0.5, 0.6) is 11.5 Å². The summed E-state index contributed by atoms with van der Waals surface area (Å²) in [6.45, 7) is 0.447. The van der Waals surface area contributed by atoms with E-state index in [4.69, 9.17) is 9.47 Å². The van der Waals surface area contributed by atoms with Crippen molar-refractivity contribution in [1.82, 2.24) is 5.43 Å². The Morgan fingerprint density at radius 1 is 1.00 bits per heavy atom. The van der Waals surface area contributed by atoms with Crippen molar-refractivity contribution >= 4 is 50.4 Å². The van der Waals surface area contributed by atoms with Crippen LogP contribution in [0.2, 0.25) is 0 Å². The van der Waals surface area contributed by atoms with Crippen LogP contribution in [-0.4, -0.2) is 40.3 Å². The van der Waals surface area contributed by atoms with Crippen molar-refractivity contribution in [3.05, 3.63) is 81.9 Å². The van der Waals surface area contributed by atoms with Crippen LogP contribution in [0, 0.1) is 3.57 Å². The van der Waals surface area contributed by atoms with Gasteiger partial charge in [-0.1, -0.05) is 24.3 Å². The van der Waals surface area contributed by atoms with E-state index in [0.29, 0.717) is 36.0 Å². The Morgan fingerprint density at radius 2 is 1.73 bits per heavy atom. The molecule has 0 saturated heterocycles. The molecule has 4 rings (SSSR count). The van der Waals surface area contributed by atoms with E-state index in [-0.39, 0.29) is 4.90 Å². The maximum Gasteiger partial charge on any atom is 0.264 e. The molecule has 1 heterocycles. The van der Waals surface area contributed by atoms with Gasteiger partial charge in [0.25, 0.3) is 15.9 Å². The first kappa shape index (κ1) is 23.1. The molecule has 1 amide bonds. The highest BCUT2D eigenvalue weighted by Crippen LogP contribution is 2.32. The highest BCUT2D eigenvalue weighted by Gasteiger charge is 2.27. The second-order valence-electron chi connectivity index (χ2n) is 6.97. The number of anilines is 1. The predicted octanol–water partition coefficient (Wildman–Crippen LogP) is 3.41. The fraction of sp³-hybridized carbons (Fsp3) is 0.130. The van der Waals surface area contributed by atoms with Gasteiger partial charge in [0.1, 0.15) is 19.8 Å². The number of carbonyl (C=O) groups excluding carboxylic acids is 1. The monoisotopic (exact) mass is 577 g/mol. The van der Waals surface area contributed by atoms with Crippen LogP contribution in [-0.2, 0) is 14.8 Å². The summed E-state index contributed by atoms with van der Waals surface area (Å²) in [7, 11) is -3.97. The van der Waals surface area contributed by atoms with Gasteiger partial charge in [0, 0.05) is 9.13 Å². The van der Waals surface area contributed by atoms with Gasteiger partial charge in [0.05, 0.1) is 16.8 Å². The number of halogens is 1. The molecule has 0 radical (unpaired) electrons. The largest absolute Gasteiger partial charge is 0.486 e. The Bertz CT molecular complexity index is 1270. The van der Waals surface area contributed by atoms with Crippen LogP contribution in [0.15, 0.2) is 82.8 Å². The summed E-state index contributed by atoms with van der Waals surface area (Å²) in [5, 5.41) is 3.98. The molecule has 1 aliphatic heterocycles. The third kappa shape index (κ3) is 5.45. The molecule has 0 bridgehead atoms. The normalized spacial score (nSPS) is 13.0. The molecule has 0 saturated carbocycles. The second-order valence-corrected chi connectivity index (χ2v) is 10.1. The minimum absolute atomic E-state index is 0.0907. The predicted molar refractivity (Wildman–Crippen MR) is 133 cm³/mol. The number of amides is 1. The summed E-state index contributed by atoms with van der Waals surface area (Å²) in [6.07, 6.45) is 1.44. The van der Waals surface area contributed by atoms with Crippen LogP contribution >= 0.6 is 22.6 Å². The highest BCUT2D eigenvalue weighted by molar-refractivity contribution is 14.1. The third-order valence-corrected chi connectivity index (χ3v) is 7.23. The summed E-state index contributed by atoms with van der Waals surface area (Å²) in [4.78, 5) is 12.8. The van der Waals surface area contributed by atoms with Gasteiger partial charge in [0.15, 0.2) is 11.5 Å². The van der Waals surface area contributed by atoms with E-state index in [9.17, 15) is 13.2 Å². The summed E-state index contributed by atoms with van der Waals surface area (Å²) in [5.41, 5.74) is 3.41. The number of fused-ring (bicyclic) bond motifs is 1. The first-order valence-electron chi connectivity index (χ1n) is 9.99. The van der Waals surface area contributed by atoms with Gasteiger partial charge in [-0.2, -0.15) is 5.10 Å². The molecule has 3 aromatic rings. The van der Waals surface area contributed by atoms with E-state index in [0.717, 1.165) is 7.88 Å². The zero-order valence-electron chi connectivity index (χ0n) is 17.3. The molecule has 0 spiro atoms. The minimum Gasteiger partial charge on any atom is -0.486 e. The third-order valence-electron chi connectivity index (χ3n) is 4.72. The van der Waals surface area contributed by atoms with Crippen molar-refractivity contribution in [2.75, 3.05) is 24.1 Å². The van der Waals surface area contributed by atoms with Crippen molar-refractivity contribution in [1.29, 1.82) is 0 Å². The molecule has 0 unspecified atom stereocenters. The van der Waals surface area contributed by atoms with E-state index < -0.39 is 22.5 Å². The molecular weight excluding hydrogens is 557 g/mol. The van der Waals surface area contributed by atoms with E-state index in [1.54, 1.807) is 60.7 Å². The molecule has 0 aromatic heterocycles. The van der Waals surface area contributed by atoms with Gasteiger partial charge in [-0.3, -0.25) is 9.10 Å². The van der Waals surface area contributed by atoms with E-state index in [1.165, 1.54) is 18.3 Å². The van der Waals surface area contributed by atoms with Gasteiger partial charge in [-0.05, 0) is 71.1 Å². The van der Waals surface area contributed by atoms with E-state index >= 15 is 0 Å². The number of sulfonamides is 1. The fourth-order valence-electron chi connectivity index (χ4n) is 3.18. The van der Waals surface area contributed by atoms with Gasteiger partial charge < -0.3 is 9.47 Å². The molecule has 1 N–H and O–H groups in total. The van der Waals surface area contributed by atoms with E-state index in [1.807, 2.05) is 0 Å². The zero-order chi connectivity index (χ0) is 23.3. The number of hydrogen-bond donors (Lipinski definition) is 1. The average Bonchev–Trinajstić information content (AvgIpc) is 2.84. The number of hydrazone groups is 1. The number of hydrogen-bond acceptors (Lipinski definition) is 6. The molecule has 3 aromatic carbocycles. The summed E-state index contributed by atoms with van der Waals surface area (Å²) in [6, 6.07) is 20.2. The highest BCUT2D eigenvalue weighted by atomic mass is 127. The molecule has 10 heteroatoms. The number of nitrogens with one attached hydrogen (secondary N) is 1. The van der Waals surface area contributed by atoms with Gasteiger partial charge in [-0.25, -0.2) is 13.8 Å². The van der Waals surface area contributed by atoms with E-state index in [2.05, 4.69) is 33.1 Å². The molecule has 33 heavy (non-hydrogen) atoms.